The van der Waals surface area contributed by atoms with Crippen molar-refractivity contribution in [1.82, 2.24) is 10.2 Å². The molecule has 13 heavy (non-hydrogen) atoms. The van der Waals surface area contributed by atoms with E-state index in [1.807, 2.05) is 6.07 Å². The molecule has 0 aromatic carbocycles. The van der Waals surface area contributed by atoms with Crippen LogP contribution in [0, 0.1) is 4.84 Å². The third-order valence-electron chi connectivity index (χ3n) is 1.29. The molecule has 1 N–H and O–H groups in total. The molecule has 0 aliphatic heterocycles. The minimum Gasteiger partial charge on any atom is -0.408 e. The van der Waals surface area contributed by atoms with Crippen LogP contribution < -0.4 is 0 Å². The topological polar surface area (TPSA) is 41.8 Å². The average Bonchev–Trinajstić information content (AvgIpc) is 2.61. The van der Waals surface area contributed by atoms with E-state index < -0.39 is 0 Å². The van der Waals surface area contributed by atoms with Crippen LogP contribution in [0.2, 0.25) is 0 Å². The number of aromatic nitrogens is 2. The van der Waals surface area contributed by atoms with Gasteiger partial charge in [0.1, 0.15) is 0 Å². The van der Waals surface area contributed by atoms with Gasteiger partial charge >= 0.3 is 0 Å². The molecule has 0 atom stereocenters. The quantitative estimate of drug-likeness (QED) is 0.797. The minimum absolute atomic E-state index is 0.288. The van der Waals surface area contributed by atoms with E-state index >= 15 is 0 Å². The lowest BCUT2D eigenvalue weighted by molar-refractivity contribution is 0.553. The Labute approximate surface area is 99.4 Å². The number of nitrogens with zero attached hydrogens (tertiary/aromatic N) is 1. The molecule has 0 unspecified atom stereocenters. The maximum absolute atomic E-state index is 5.15. The predicted molar refractivity (Wildman–Crippen MR) is 60.4 cm³/mol. The van der Waals surface area contributed by atoms with Crippen molar-refractivity contribution in [2.75, 3.05) is 0 Å². The summed E-state index contributed by atoms with van der Waals surface area (Å²) in [7, 11) is 0. The molecule has 7 heteroatoms. The van der Waals surface area contributed by atoms with Crippen molar-refractivity contribution >= 4 is 55.4 Å². The normalized spacial score (nSPS) is 10.6. The Morgan fingerprint density at radius 2 is 2.31 bits per heavy atom. The van der Waals surface area contributed by atoms with Crippen LogP contribution in [-0.2, 0) is 0 Å². The molecule has 0 aliphatic carbocycles. The third kappa shape index (κ3) is 1.93. The molecular weight excluding hydrogens is 340 g/mol. The summed E-state index contributed by atoms with van der Waals surface area (Å²) in [5.74, 6) is 0.515. The zero-order valence-corrected chi connectivity index (χ0v) is 10.8. The second-order valence-electron chi connectivity index (χ2n) is 2.15. The van der Waals surface area contributed by atoms with Gasteiger partial charge in [-0.3, -0.25) is 0 Å². The monoisotopic (exact) mass is 340 g/mol. The van der Waals surface area contributed by atoms with Gasteiger partial charge in [0.25, 0.3) is 10.7 Å². The first kappa shape index (κ1) is 9.57. The molecule has 2 aromatic rings. The average molecular weight is 342 g/mol. The van der Waals surface area contributed by atoms with Gasteiger partial charge in [-0.05, 0) is 50.1 Å². The van der Waals surface area contributed by atoms with Gasteiger partial charge in [-0.25, -0.2) is 5.10 Å². The van der Waals surface area contributed by atoms with Crippen molar-refractivity contribution in [3.05, 3.63) is 19.2 Å². The first-order valence-electron chi connectivity index (χ1n) is 3.17. The lowest BCUT2D eigenvalue weighted by atomic mass is 10.5. The highest BCUT2D eigenvalue weighted by atomic mass is 79.9. The lowest BCUT2D eigenvalue weighted by Crippen LogP contribution is -1.69. The summed E-state index contributed by atoms with van der Waals surface area (Å²) in [4.78, 5) is 1.21. The molecule has 0 bridgehead atoms. The zero-order valence-electron chi connectivity index (χ0n) is 6.01. The number of hydrogen-bond acceptors (Lipinski definition) is 4. The summed E-state index contributed by atoms with van der Waals surface area (Å²) in [5, 5.41) is 6.48. The molecule has 68 valence electrons. The van der Waals surface area contributed by atoms with Crippen LogP contribution in [0.3, 0.4) is 0 Å². The fraction of sp³-hybridized carbons (Fsp3) is 0. The maximum Gasteiger partial charge on any atom is 0.284 e. The number of nitrogens with one attached hydrogen (secondary N) is 1. The van der Waals surface area contributed by atoms with Crippen LogP contribution in [0.15, 0.2) is 18.7 Å². The molecule has 0 saturated carbocycles. The highest BCUT2D eigenvalue weighted by Crippen LogP contribution is 2.37. The molecule has 3 nitrogen and oxygen atoms in total. The fourth-order valence-electron chi connectivity index (χ4n) is 0.787. The first-order valence-corrected chi connectivity index (χ1v) is 5.98. The summed E-state index contributed by atoms with van der Waals surface area (Å²) < 4.78 is 7.14. The zero-order chi connectivity index (χ0) is 9.42. The lowest BCUT2D eigenvalue weighted by Gasteiger charge is -1.82. The molecule has 2 aromatic heterocycles. The molecule has 0 spiro atoms. The Morgan fingerprint density at radius 3 is 2.77 bits per heavy atom. The third-order valence-corrected chi connectivity index (χ3v) is 4.71. The van der Waals surface area contributed by atoms with Crippen molar-refractivity contribution in [3.8, 4) is 10.8 Å². The molecule has 0 radical (unpaired) electrons. The molecule has 2 heterocycles. The number of H-pyrrole nitrogens is 1. The second-order valence-corrected chi connectivity index (χ2v) is 5.75. The van der Waals surface area contributed by atoms with E-state index in [0.717, 1.165) is 13.1 Å². The van der Waals surface area contributed by atoms with Crippen LogP contribution >= 0.6 is 55.4 Å². The molecule has 0 amide bonds. The van der Waals surface area contributed by atoms with E-state index in [9.17, 15) is 0 Å². The Balaban J connectivity index is 2.52. The van der Waals surface area contributed by atoms with Gasteiger partial charge in [0.15, 0.2) is 0 Å². The van der Waals surface area contributed by atoms with Crippen LogP contribution in [0.25, 0.3) is 10.8 Å². The van der Waals surface area contributed by atoms with E-state index in [0.29, 0.717) is 5.89 Å². The van der Waals surface area contributed by atoms with Gasteiger partial charge < -0.3 is 4.42 Å². The van der Waals surface area contributed by atoms with E-state index in [1.165, 1.54) is 11.3 Å². The SMILES string of the molecule is S=c1[nH]nc(-c2cc(Br)c(Br)s2)o1. The van der Waals surface area contributed by atoms with Gasteiger partial charge in [0.2, 0.25) is 0 Å². The fourth-order valence-corrected chi connectivity index (χ4v) is 2.87. The van der Waals surface area contributed by atoms with Crippen molar-refractivity contribution in [1.29, 1.82) is 0 Å². The van der Waals surface area contributed by atoms with E-state index in [4.69, 9.17) is 16.6 Å². The summed E-state index contributed by atoms with van der Waals surface area (Å²) in [6, 6.07) is 1.92. The van der Waals surface area contributed by atoms with Gasteiger partial charge in [-0.15, -0.1) is 16.4 Å². The van der Waals surface area contributed by atoms with Gasteiger partial charge in [-0.2, -0.15) is 0 Å². The Bertz CT molecular complexity index is 467. The summed E-state index contributed by atoms with van der Waals surface area (Å²) in [6.07, 6.45) is 0. The summed E-state index contributed by atoms with van der Waals surface area (Å²) in [6.45, 7) is 0. The van der Waals surface area contributed by atoms with Crippen molar-refractivity contribution in [2.45, 2.75) is 0 Å². The Hall–Kier alpha value is 0.0200. The predicted octanol–water partition coefficient (Wildman–Crippen LogP) is 3.99. The highest BCUT2D eigenvalue weighted by Gasteiger charge is 2.10. The molecule has 0 aliphatic rings. The Kier molecular flexibility index (Phi) is 2.68. The largest absolute Gasteiger partial charge is 0.408 e. The number of thiophene rings is 1. The smallest absolute Gasteiger partial charge is 0.284 e. The molecule has 0 saturated heterocycles. The minimum atomic E-state index is 0.288. The second kappa shape index (κ2) is 3.64. The van der Waals surface area contributed by atoms with Crippen LogP contribution in [0.4, 0.5) is 0 Å². The van der Waals surface area contributed by atoms with Crippen LogP contribution in [0.5, 0.6) is 0 Å². The number of hydrogen-bond donors (Lipinski definition) is 1. The van der Waals surface area contributed by atoms with Crippen molar-refractivity contribution < 1.29 is 4.42 Å². The van der Waals surface area contributed by atoms with Crippen molar-refractivity contribution in [2.24, 2.45) is 0 Å². The van der Waals surface area contributed by atoms with Gasteiger partial charge in [-0.1, -0.05) is 0 Å². The highest BCUT2D eigenvalue weighted by molar-refractivity contribution is 9.13. The van der Waals surface area contributed by atoms with E-state index in [1.54, 1.807) is 0 Å². The van der Waals surface area contributed by atoms with E-state index in [2.05, 4.69) is 42.1 Å². The van der Waals surface area contributed by atoms with Crippen molar-refractivity contribution in [3.63, 3.8) is 0 Å². The molecule has 2 rings (SSSR count). The summed E-state index contributed by atoms with van der Waals surface area (Å²) in [5.41, 5.74) is 0. The summed E-state index contributed by atoms with van der Waals surface area (Å²) >= 11 is 13.1. The van der Waals surface area contributed by atoms with Crippen LogP contribution in [0.1, 0.15) is 0 Å². The number of rotatable bonds is 1. The van der Waals surface area contributed by atoms with E-state index in [-0.39, 0.29) is 4.84 Å². The molecular formula is C6H2Br2N2OS2. The Morgan fingerprint density at radius 1 is 1.54 bits per heavy atom. The first-order chi connectivity index (χ1) is 6.16. The molecule has 0 fully saturated rings. The number of aromatic amines is 1. The maximum atomic E-state index is 5.15. The van der Waals surface area contributed by atoms with Gasteiger partial charge in [0.05, 0.1) is 8.66 Å². The standard InChI is InChI=1S/C6H2Br2N2OS2/c7-2-1-3(13-4(2)8)5-9-10-6(12)11-5/h1H,(H,10,12). The van der Waals surface area contributed by atoms with Gasteiger partial charge in [0, 0.05) is 4.47 Å². The number of halogens is 2. The van der Waals surface area contributed by atoms with Crippen LogP contribution in [-0.4, -0.2) is 10.2 Å².